The molecule has 1 aromatic rings. The Bertz CT molecular complexity index is 838. The molecule has 0 saturated carbocycles. The molecule has 2 atom stereocenters. The van der Waals surface area contributed by atoms with Crippen molar-refractivity contribution < 1.29 is 70.3 Å². The van der Waals surface area contributed by atoms with E-state index in [1.54, 1.807) is 0 Å². The number of carboxylic acids is 2. The highest BCUT2D eigenvalue weighted by molar-refractivity contribution is 5.81. The molecular weight excluding hydrogens is 588 g/mol. The van der Waals surface area contributed by atoms with Crippen LogP contribution in [-0.2, 0) is 35.2 Å². The van der Waals surface area contributed by atoms with Gasteiger partial charge in [0.2, 0.25) is 5.91 Å². The summed E-state index contributed by atoms with van der Waals surface area (Å²) in [5.41, 5.74) is 12.3. The van der Waals surface area contributed by atoms with Crippen LogP contribution in [0, 0.1) is 0 Å². The highest BCUT2D eigenvalue weighted by Crippen LogP contribution is 2.13. The van der Waals surface area contributed by atoms with Crippen LogP contribution in [0.1, 0.15) is 24.8 Å². The summed E-state index contributed by atoms with van der Waals surface area (Å²) in [5, 5.41) is 26.8. The van der Waals surface area contributed by atoms with Crippen molar-refractivity contribution in [2.75, 3.05) is 46.1 Å². The minimum atomic E-state index is -5.08. The van der Waals surface area contributed by atoms with Gasteiger partial charge in [0.25, 0.3) is 0 Å². The van der Waals surface area contributed by atoms with E-state index in [0.717, 1.165) is 18.4 Å². The number of carbonyl (C=O) groups excluding carboxylic acids is 1. The van der Waals surface area contributed by atoms with E-state index in [1.165, 1.54) is 0 Å². The van der Waals surface area contributed by atoms with Crippen molar-refractivity contribution in [1.29, 1.82) is 0 Å². The normalized spacial score (nSPS) is 12.6. The van der Waals surface area contributed by atoms with Crippen LogP contribution in [0.5, 0.6) is 0 Å². The van der Waals surface area contributed by atoms with E-state index in [0.29, 0.717) is 45.9 Å². The largest absolute Gasteiger partial charge is 0.490 e. The van der Waals surface area contributed by atoms with Crippen molar-refractivity contribution in [2.24, 2.45) is 11.5 Å². The summed E-state index contributed by atoms with van der Waals surface area (Å²) < 4.78 is 79.6. The molecule has 0 aliphatic heterocycles. The van der Waals surface area contributed by atoms with Crippen LogP contribution in [0.4, 0.5) is 26.3 Å². The number of aliphatic hydroxyl groups excluding tert-OH is 1. The molecule has 0 aromatic heterocycles. The van der Waals surface area contributed by atoms with E-state index in [4.69, 9.17) is 45.5 Å². The van der Waals surface area contributed by atoms with Crippen LogP contribution in [0.3, 0.4) is 0 Å². The van der Waals surface area contributed by atoms with Crippen LogP contribution in [0.25, 0.3) is 0 Å². The second-order valence-corrected chi connectivity index (χ2v) is 8.13. The van der Waals surface area contributed by atoms with Gasteiger partial charge in [-0.3, -0.25) is 4.79 Å². The second-order valence-electron chi connectivity index (χ2n) is 8.13. The molecule has 18 heteroatoms. The third-order valence-corrected chi connectivity index (χ3v) is 4.44. The van der Waals surface area contributed by atoms with Gasteiger partial charge in [0.15, 0.2) is 0 Å². The lowest BCUT2D eigenvalue weighted by atomic mass is 10.1. The van der Waals surface area contributed by atoms with E-state index in [-0.39, 0.29) is 19.1 Å². The Morgan fingerprint density at radius 2 is 1.33 bits per heavy atom. The second kappa shape index (κ2) is 23.5. The molecule has 0 unspecified atom stereocenters. The van der Waals surface area contributed by atoms with E-state index >= 15 is 0 Å². The van der Waals surface area contributed by atoms with Crippen LogP contribution < -0.4 is 16.8 Å². The molecule has 0 spiro atoms. The number of nitrogens with one attached hydrogen (secondary N) is 1. The molecule has 0 saturated heterocycles. The van der Waals surface area contributed by atoms with Gasteiger partial charge < -0.3 is 46.3 Å². The molecule has 8 N–H and O–H groups in total. The van der Waals surface area contributed by atoms with Crippen LogP contribution >= 0.6 is 0 Å². The number of halogens is 6. The number of carbonyl (C=O) groups is 3. The van der Waals surface area contributed by atoms with Crippen LogP contribution in [0.2, 0.25) is 0 Å². The first-order valence-electron chi connectivity index (χ1n) is 12.3. The first-order valence-corrected chi connectivity index (χ1v) is 12.3. The Labute approximate surface area is 237 Å². The molecule has 1 rings (SSSR count). The summed E-state index contributed by atoms with van der Waals surface area (Å²) in [5.74, 6) is -5.68. The number of nitrogens with two attached hydrogens (primary N) is 2. The van der Waals surface area contributed by atoms with Crippen molar-refractivity contribution in [2.45, 2.75) is 50.4 Å². The van der Waals surface area contributed by atoms with Crippen molar-refractivity contribution in [1.82, 2.24) is 5.32 Å². The Kier molecular flexibility index (Phi) is 23.0. The van der Waals surface area contributed by atoms with Gasteiger partial charge in [0.1, 0.15) is 6.10 Å². The molecule has 0 aliphatic carbocycles. The lowest BCUT2D eigenvalue weighted by molar-refractivity contribution is -0.193. The predicted octanol–water partition coefficient (Wildman–Crippen LogP) is 1.44. The number of benzene rings is 1. The SMILES string of the molecule is NCCCC[C@H](N)C(=O)NCCOCCOC[C@H](O)COCc1ccccc1.O=C(O)C(F)(F)F.O=C(O)C(F)(F)F. The van der Waals surface area contributed by atoms with Gasteiger partial charge >= 0.3 is 24.3 Å². The van der Waals surface area contributed by atoms with Gasteiger partial charge in [-0.2, -0.15) is 26.3 Å². The standard InChI is InChI=1S/C20H35N3O5.2C2HF3O2/c21-9-5-4-8-19(22)20(25)23-10-11-26-12-13-27-15-18(24)16-28-14-17-6-2-1-3-7-17;2*3-2(4,5)1(6)7/h1-3,6-7,18-19,24H,4-5,8-16,21-22H2,(H,23,25);2*(H,6,7)/t18-,19-;;/m0../s1. The maximum absolute atomic E-state index is 11.7. The van der Waals surface area contributed by atoms with Crippen LogP contribution in [0.15, 0.2) is 30.3 Å². The fraction of sp³-hybridized carbons (Fsp3) is 0.625. The molecule has 12 nitrogen and oxygen atoms in total. The fourth-order valence-electron chi connectivity index (χ4n) is 2.39. The van der Waals surface area contributed by atoms with Gasteiger partial charge in [-0.15, -0.1) is 0 Å². The number of hydrogen-bond acceptors (Lipinski definition) is 9. The smallest absolute Gasteiger partial charge is 0.475 e. The average molecular weight is 626 g/mol. The quantitative estimate of drug-likeness (QED) is 0.108. The monoisotopic (exact) mass is 625 g/mol. The topological polar surface area (TPSA) is 204 Å². The number of hydrogen-bond donors (Lipinski definition) is 6. The summed E-state index contributed by atoms with van der Waals surface area (Å²) in [6, 6.07) is 9.28. The molecule has 1 amide bonds. The molecule has 0 heterocycles. The highest BCUT2D eigenvalue weighted by atomic mass is 19.4. The number of aliphatic hydroxyl groups is 1. The molecule has 0 aliphatic rings. The van der Waals surface area contributed by atoms with Crippen molar-refractivity contribution in [3.8, 4) is 0 Å². The molecule has 0 fully saturated rings. The van der Waals surface area contributed by atoms with Gasteiger partial charge in [-0.05, 0) is 24.9 Å². The first kappa shape index (κ1) is 41.1. The molecule has 0 radical (unpaired) electrons. The molecular formula is C24H37F6N3O9. The van der Waals surface area contributed by atoms with Gasteiger partial charge in [-0.1, -0.05) is 36.8 Å². The number of rotatable bonds is 17. The Morgan fingerprint density at radius 3 is 1.83 bits per heavy atom. The molecule has 244 valence electrons. The Hall–Kier alpha value is -3.03. The fourth-order valence-corrected chi connectivity index (χ4v) is 2.39. The molecule has 1 aromatic carbocycles. The number of amides is 1. The van der Waals surface area contributed by atoms with Gasteiger partial charge in [0.05, 0.1) is 45.7 Å². The highest BCUT2D eigenvalue weighted by Gasteiger charge is 2.38. The zero-order valence-electron chi connectivity index (χ0n) is 22.5. The lowest BCUT2D eigenvalue weighted by Crippen LogP contribution is -2.41. The zero-order chi connectivity index (χ0) is 32.6. The third-order valence-electron chi connectivity index (χ3n) is 4.44. The minimum absolute atomic E-state index is 0.171. The van der Waals surface area contributed by atoms with Gasteiger partial charge in [0, 0.05) is 6.54 Å². The van der Waals surface area contributed by atoms with E-state index < -0.39 is 36.4 Å². The molecule has 0 bridgehead atoms. The zero-order valence-corrected chi connectivity index (χ0v) is 22.5. The van der Waals surface area contributed by atoms with E-state index in [1.807, 2.05) is 30.3 Å². The Balaban J connectivity index is 0. The summed E-state index contributed by atoms with van der Waals surface area (Å²) in [7, 11) is 0. The first-order chi connectivity index (χ1) is 19.5. The number of alkyl halides is 6. The number of unbranched alkanes of at least 4 members (excludes halogenated alkanes) is 1. The predicted molar refractivity (Wildman–Crippen MR) is 135 cm³/mol. The summed E-state index contributed by atoms with van der Waals surface area (Å²) in [4.78, 5) is 29.5. The Morgan fingerprint density at radius 1 is 0.833 bits per heavy atom. The number of ether oxygens (including phenoxy) is 3. The summed E-state index contributed by atoms with van der Waals surface area (Å²) in [6.07, 6.45) is -8.49. The van der Waals surface area contributed by atoms with Crippen molar-refractivity contribution in [3.63, 3.8) is 0 Å². The van der Waals surface area contributed by atoms with Crippen LogP contribution in [-0.4, -0.2) is 104 Å². The third kappa shape index (κ3) is 25.9. The van der Waals surface area contributed by atoms with E-state index in [2.05, 4.69) is 5.32 Å². The lowest BCUT2D eigenvalue weighted by Gasteiger charge is -2.13. The average Bonchev–Trinajstić information content (AvgIpc) is 2.90. The maximum atomic E-state index is 11.7. The minimum Gasteiger partial charge on any atom is -0.475 e. The van der Waals surface area contributed by atoms with Crippen molar-refractivity contribution >= 4 is 17.8 Å². The summed E-state index contributed by atoms with van der Waals surface area (Å²) in [6.45, 7) is 3.01. The number of aliphatic carboxylic acids is 2. The maximum Gasteiger partial charge on any atom is 0.490 e. The van der Waals surface area contributed by atoms with Crippen molar-refractivity contribution in [3.05, 3.63) is 35.9 Å². The summed E-state index contributed by atoms with van der Waals surface area (Å²) >= 11 is 0. The molecule has 42 heavy (non-hydrogen) atoms. The van der Waals surface area contributed by atoms with Gasteiger partial charge in [-0.25, -0.2) is 9.59 Å². The van der Waals surface area contributed by atoms with E-state index in [9.17, 15) is 36.2 Å². The number of carboxylic acid groups (broad SMARTS) is 2.